The summed E-state index contributed by atoms with van der Waals surface area (Å²) < 4.78 is 18.3. The summed E-state index contributed by atoms with van der Waals surface area (Å²) in [4.78, 5) is 13.4. The van der Waals surface area contributed by atoms with Crippen LogP contribution in [0, 0.1) is 5.82 Å². The molecule has 0 aromatic heterocycles. The molecule has 1 spiro atoms. The molecule has 90 valence electrons. The first-order valence-electron chi connectivity index (χ1n) is 5.65. The van der Waals surface area contributed by atoms with Crippen LogP contribution in [-0.4, -0.2) is 31.3 Å². The molecule has 1 atom stereocenters. The highest BCUT2D eigenvalue weighted by molar-refractivity contribution is 5.90. The van der Waals surface area contributed by atoms with Gasteiger partial charge in [0, 0.05) is 18.7 Å². The van der Waals surface area contributed by atoms with Gasteiger partial charge in [-0.1, -0.05) is 0 Å². The third-order valence-corrected chi connectivity index (χ3v) is 3.31. The number of hydrogen-bond acceptors (Lipinski definition) is 3. The molecule has 5 heteroatoms. The first-order chi connectivity index (χ1) is 8.19. The van der Waals surface area contributed by atoms with Crippen LogP contribution in [-0.2, 0) is 4.74 Å². The van der Waals surface area contributed by atoms with E-state index in [0.29, 0.717) is 18.8 Å². The third kappa shape index (κ3) is 1.76. The summed E-state index contributed by atoms with van der Waals surface area (Å²) in [6.07, 6.45) is 0.483. The van der Waals surface area contributed by atoms with Gasteiger partial charge < -0.3 is 10.1 Å². The molecule has 0 bridgehead atoms. The Morgan fingerprint density at radius 2 is 2.12 bits per heavy atom. The van der Waals surface area contributed by atoms with Gasteiger partial charge in [-0.15, -0.1) is 0 Å². The van der Waals surface area contributed by atoms with E-state index in [9.17, 15) is 9.18 Å². The molecule has 17 heavy (non-hydrogen) atoms. The normalized spacial score (nSPS) is 27.8. The van der Waals surface area contributed by atoms with Crippen LogP contribution in [0.2, 0.25) is 0 Å². The maximum Gasteiger partial charge on any atom is 0.415 e. The fourth-order valence-corrected chi connectivity index (χ4v) is 2.39. The van der Waals surface area contributed by atoms with E-state index in [4.69, 9.17) is 4.74 Å². The summed E-state index contributed by atoms with van der Waals surface area (Å²) in [6, 6.07) is 5.89. The zero-order valence-corrected chi connectivity index (χ0v) is 9.28. The Morgan fingerprint density at radius 3 is 2.76 bits per heavy atom. The highest BCUT2D eigenvalue weighted by atomic mass is 19.1. The first-order valence-corrected chi connectivity index (χ1v) is 5.65. The molecule has 1 amide bonds. The van der Waals surface area contributed by atoms with Gasteiger partial charge in [-0.3, -0.25) is 4.90 Å². The number of carbonyl (C=O) groups is 1. The van der Waals surface area contributed by atoms with Gasteiger partial charge >= 0.3 is 6.09 Å². The minimum atomic E-state index is -0.397. The van der Waals surface area contributed by atoms with Crippen LogP contribution in [0.3, 0.4) is 0 Å². The Bertz CT molecular complexity index is 440. The number of nitrogens with zero attached hydrogens (tertiary/aromatic N) is 1. The molecule has 0 radical (unpaired) electrons. The zero-order valence-electron chi connectivity index (χ0n) is 9.28. The number of amides is 1. The van der Waals surface area contributed by atoms with Crippen molar-refractivity contribution in [3.05, 3.63) is 30.1 Å². The van der Waals surface area contributed by atoms with Crippen molar-refractivity contribution in [3.8, 4) is 0 Å². The number of hydrogen-bond donors (Lipinski definition) is 1. The third-order valence-electron chi connectivity index (χ3n) is 3.31. The average Bonchev–Trinajstić information content (AvgIpc) is 2.88. The van der Waals surface area contributed by atoms with Crippen molar-refractivity contribution in [2.45, 2.75) is 12.0 Å². The maximum absolute atomic E-state index is 12.8. The smallest absolute Gasteiger partial charge is 0.415 e. The molecular formula is C12H13FN2O2. The Morgan fingerprint density at radius 1 is 1.35 bits per heavy atom. The Kier molecular flexibility index (Phi) is 2.29. The van der Waals surface area contributed by atoms with Gasteiger partial charge in [0.15, 0.2) is 0 Å². The highest BCUT2D eigenvalue weighted by Gasteiger charge is 2.47. The van der Waals surface area contributed by atoms with E-state index in [1.54, 1.807) is 17.0 Å². The lowest BCUT2D eigenvalue weighted by atomic mass is 10.0. The quantitative estimate of drug-likeness (QED) is 0.803. The van der Waals surface area contributed by atoms with E-state index in [1.807, 2.05) is 0 Å². The van der Waals surface area contributed by atoms with Crippen molar-refractivity contribution >= 4 is 11.8 Å². The average molecular weight is 236 g/mol. The van der Waals surface area contributed by atoms with Gasteiger partial charge in [0.2, 0.25) is 0 Å². The van der Waals surface area contributed by atoms with Crippen LogP contribution >= 0.6 is 0 Å². The van der Waals surface area contributed by atoms with Crippen molar-refractivity contribution < 1.29 is 13.9 Å². The van der Waals surface area contributed by atoms with Crippen LogP contribution in [0.1, 0.15) is 6.42 Å². The number of rotatable bonds is 1. The second-order valence-electron chi connectivity index (χ2n) is 4.54. The Labute approximate surface area is 98.4 Å². The topological polar surface area (TPSA) is 41.6 Å². The lowest BCUT2D eigenvalue weighted by Crippen LogP contribution is -2.36. The predicted molar refractivity (Wildman–Crippen MR) is 60.4 cm³/mol. The molecule has 1 N–H and O–H groups in total. The second kappa shape index (κ2) is 3.70. The van der Waals surface area contributed by atoms with Gasteiger partial charge in [0.25, 0.3) is 0 Å². The molecule has 2 aliphatic heterocycles. The Hall–Kier alpha value is -1.62. The molecule has 3 rings (SSSR count). The number of anilines is 1. The summed E-state index contributed by atoms with van der Waals surface area (Å²) in [5.41, 5.74) is 0.283. The van der Waals surface area contributed by atoms with E-state index in [0.717, 1.165) is 13.0 Å². The molecule has 0 unspecified atom stereocenters. The van der Waals surface area contributed by atoms with Crippen molar-refractivity contribution in [1.82, 2.24) is 5.32 Å². The van der Waals surface area contributed by atoms with Gasteiger partial charge in [-0.2, -0.15) is 0 Å². The van der Waals surface area contributed by atoms with Gasteiger partial charge in [0.1, 0.15) is 11.4 Å². The molecule has 0 aliphatic carbocycles. The zero-order chi connectivity index (χ0) is 11.9. The lowest BCUT2D eigenvalue weighted by Gasteiger charge is -2.19. The predicted octanol–water partition coefficient (Wildman–Crippen LogP) is 1.51. The molecule has 1 aromatic rings. The summed E-state index contributed by atoms with van der Waals surface area (Å²) >= 11 is 0. The minimum absolute atomic E-state index is 0.307. The van der Waals surface area contributed by atoms with Gasteiger partial charge in [0.05, 0.1) is 6.54 Å². The fraction of sp³-hybridized carbons (Fsp3) is 0.417. The number of nitrogens with one attached hydrogen (secondary N) is 1. The van der Waals surface area contributed by atoms with E-state index in [1.165, 1.54) is 12.1 Å². The largest absolute Gasteiger partial charge is 0.439 e. The van der Waals surface area contributed by atoms with Crippen LogP contribution < -0.4 is 10.2 Å². The van der Waals surface area contributed by atoms with Crippen LogP contribution in [0.5, 0.6) is 0 Å². The summed E-state index contributed by atoms with van der Waals surface area (Å²) in [7, 11) is 0. The summed E-state index contributed by atoms with van der Waals surface area (Å²) in [6.45, 7) is 2.09. The molecule has 2 aliphatic rings. The van der Waals surface area contributed by atoms with Crippen molar-refractivity contribution in [2.24, 2.45) is 0 Å². The minimum Gasteiger partial charge on any atom is -0.439 e. The van der Waals surface area contributed by atoms with E-state index in [2.05, 4.69) is 5.32 Å². The standard InChI is InChI=1S/C12H13FN2O2/c13-9-1-3-10(4-2-9)15-8-12(17-11(15)16)5-6-14-7-12/h1-4,14H,5-8H2/t12-/m1/s1. The number of benzene rings is 1. The monoisotopic (exact) mass is 236 g/mol. The molecule has 1 aromatic carbocycles. The van der Waals surface area contributed by atoms with Crippen molar-refractivity contribution in [2.75, 3.05) is 24.5 Å². The molecular weight excluding hydrogens is 223 g/mol. The highest BCUT2D eigenvalue weighted by Crippen LogP contribution is 2.31. The van der Waals surface area contributed by atoms with Crippen molar-refractivity contribution in [3.63, 3.8) is 0 Å². The number of carbonyl (C=O) groups excluding carboxylic acids is 1. The van der Waals surface area contributed by atoms with E-state index < -0.39 is 5.60 Å². The van der Waals surface area contributed by atoms with E-state index in [-0.39, 0.29) is 11.9 Å². The number of halogens is 1. The van der Waals surface area contributed by atoms with Gasteiger partial charge in [-0.05, 0) is 30.8 Å². The van der Waals surface area contributed by atoms with Crippen molar-refractivity contribution in [1.29, 1.82) is 0 Å². The molecule has 2 heterocycles. The maximum atomic E-state index is 12.8. The molecule has 4 nitrogen and oxygen atoms in total. The lowest BCUT2D eigenvalue weighted by molar-refractivity contribution is 0.0733. The van der Waals surface area contributed by atoms with Gasteiger partial charge in [-0.25, -0.2) is 9.18 Å². The fourth-order valence-electron chi connectivity index (χ4n) is 2.39. The van der Waals surface area contributed by atoms with Crippen LogP contribution in [0.4, 0.5) is 14.9 Å². The number of ether oxygens (including phenoxy) is 1. The summed E-state index contributed by atoms with van der Waals surface area (Å²) in [5, 5.41) is 3.19. The second-order valence-corrected chi connectivity index (χ2v) is 4.54. The SMILES string of the molecule is O=C1O[C@@]2(CCNC2)CN1c1ccc(F)cc1. The Balaban J connectivity index is 1.85. The van der Waals surface area contributed by atoms with E-state index >= 15 is 0 Å². The van der Waals surface area contributed by atoms with Crippen LogP contribution in [0.15, 0.2) is 24.3 Å². The first kappa shape index (κ1) is 10.5. The van der Waals surface area contributed by atoms with Crippen LogP contribution in [0.25, 0.3) is 0 Å². The summed E-state index contributed by atoms with van der Waals surface area (Å²) in [5.74, 6) is -0.307. The molecule has 0 saturated carbocycles. The molecule has 2 fully saturated rings. The molecule has 2 saturated heterocycles.